The Hall–Kier alpha value is -1.26. The van der Waals surface area contributed by atoms with Gasteiger partial charge < -0.3 is 5.73 Å². The molecule has 0 unspecified atom stereocenters. The van der Waals surface area contributed by atoms with Crippen molar-refractivity contribution < 1.29 is 4.79 Å². The average molecular weight is 230 g/mol. The van der Waals surface area contributed by atoms with Gasteiger partial charge in [0, 0.05) is 12.4 Å². The monoisotopic (exact) mass is 229 g/mol. The van der Waals surface area contributed by atoms with E-state index in [2.05, 4.69) is 4.98 Å². The Bertz CT molecular complexity index is 521. The first-order valence-corrected chi connectivity index (χ1v) is 4.47. The van der Waals surface area contributed by atoms with Crippen LogP contribution in [0, 0.1) is 0 Å². The van der Waals surface area contributed by atoms with E-state index in [1.807, 2.05) is 0 Å². The SMILES string of the molecule is NC(=O)c1c(Cl)cc(Cl)n2ccnc12. The summed E-state index contributed by atoms with van der Waals surface area (Å²) in [5.74, 6) is -0.622. The molecule has 0 atom stereocenters. The summed E-state index contributed by atoms with van der Waals surface area (Å²) >= 11 is 11.7. The largest absolute Gasteiger partial charge is 0.365 e. The van der Waals surface area contributed by atoms with Gasteiger partial charge in [0.05, 0.1) is 5.02 Å². The molecule has 0 saturated heterocycles. The Kier molecular flexibility index (Phi) is 2.09. The van der Waals surface area contributed by atoms with Crippen LogP contribution in [0.5, 0.6) is 0 Å². The molecule has 2 aromatic heterocycles. The number of primary amides is 1. The van der Waals surface area contributed by atoms with Crippen molar-refractivity contribution in [3.05, 3.63) is 34.2 Å². The highest BCUT2D eigenvalue weighted by atomic mass is 35.5. The molecular weight excluding hydrogens is 225 g/mol. The number of nitrogens with zero attached hydrogens (tertiary/aromatic N) is 2. The molecule has 4 nitrogen and oxygen atoms in total. The Morgan fingerprint density at radius 1 is 1.50 bits per heavy atom. The number of pyridine rings is 1. The third-order valence-electron chi connectivity index (χ3n) is 1.83. The molecule has 0 aromatic carbocycles. The summed E-state index contributed by atoms with van der Waals surface area (Å²) in [5.41, 5.74) is 5.72. The van der Waals surface area contributed by atoms with Gasteiger partial charge in [0.2, 0.25) is 0 Å². The van der Waals surface area contributed by atoms with E-state index < -0.39 is 5.91 Å². The molecule has 0 spiro atoms. The van der Waals surface area contributed by atoms with Crippen LogP contribution < -0.4 is 5.73 Å². The predicted octanol–water partition coefficient (Wildman–Crippen LogP) is 1.74. The lowest BCUT2D eigenvalue weighted by Crippen LogP contribution is -2.13. The summed E-state index contributed by atoms with van der Waals surface area (Å²) in [7, 11) is 0. The molecule has 0 aliphatic rings. The minimum atomic E-state index is -0.622. The Labute approximate surface area is 89.2 Å². The van der Waals surface area contributed by atoms with Crippen LogP contribution in [0.2, 0.25) is 10.2 Å². The molecule has 0 bridgehead atoms. The first kappa shape index (κ1) is 9.30. The lowest BCUT2D eigenvalue weighted by atomic mass is 10.2. The summed E-state index contributed by atoms with van der Waals surface area (Å²) in [5, 5.41) is 0.591. The Morgan fingerprint density at radius 2 is 2.21 bits per heavy atom. The number of amides is 1. The van der Waals surface area contributed by atoms with Crippen LogP contribution >= 0.6 is 23.2 Å². The normalized spacial score (nSPS) is 10.7. The fraction of sp³-hybridized carbons (Fsp3) is 0. The van der Waals surface area contributed by atoms with Gasteiger partial charge in [-0.2, -0.15) is 0 Å². The number of imidazole rings is 1. The third-order valence-corrected chi connectivity index (χ3v) is 2.41. The average Bonchev–Trinajstić information content (AvgIpc) is 2.51. The highest BCUT2D eigenvalue weighted by molar-refractivity contribution is 6.37. The van der Waals surface area contributed by atoms with Gasteiger partial charge in [-0.1, -0.05) is 23.2 Å². The highest BCUT2D eigenvalue weighted by Gasteiger charge is 2.15. The minimum absolute atomic E-state index is 0.182. The molecule has 2 heterocycles. The first-order chi connectivity index (χ1) is 6.61. The van der Waals surface area contributed by atoms with Crippen LogP contribution in [0.1, 0.15) is 10.4 Å². The van der Waals surface area contributed by atoms with Gasteiger partial charge in [0.25, 0.3) is 5.91 Å². The lowest BCUT2D eigenvalue weighted by molar-refractivity contribution is 0.100. The molecule has 6 heteroatoms. The zero-order valence-corrected chi connectivity index (χ0v) is 8.38. The molecule has 0 saturated carbocycles. The van der Waals surface area contributed by atoms with E-state index in [1.165, 1.54) is 16.7 Å². The molecule has 14 heavy (non-hydrogen) atoms. The maximum atomic E-state index is 11.1. The summed E-state index contributed by atoms with van der Waals surface area (Å²) in [6, 6.07) is 1.46. The van der Waals surface area contributed by atoms with Gasteiger partial charge in [0.1, 0.15) is 10.7 Å². The van der Waals surface area contributed by atoms with Crippen molar-refractivity contribution in [2.75, 3.05) is 0 Å². The van der Waals surface area contributed by atoms with Crippen LogP contribution in [0.25, 0.3) is 5.65 Å². The summed E-state index contributed by atoms with van der Waals surface area (Å²) in [4.78, 5) is 15.0. The van der Waals surface area contributed by atoms with Gasteiger partial charge >= 0.3 is 0 Å². The van der Waals surface area contributed by atoms with Crippen molar-refractivity contribution in [2.24, 2.45) is 5.73 Å². The van der Waals surface area contributed by atoms with Crippen molar-refractivity contribution in [3.63, 3.8) is 0 Å². The van der Waals surface area contributed by atoms with Crippen LogP contribution in [-0.2, 0) is 0 Å². The Balaban J connectivity index is 2.93. The topological polar surface area (TPSA) is 60.4 Å². The minimum Gasteiger partial charge on any atom is -0.365 e. The first-order valence-electron chi connectivity index (χ1n) is 3.72. The van der Waals surface area contributed by atoms with Crippen LogP contribution in [0.4, 0.5) is 0 Å². The smallest absolute Gasteiger partial charge is 0.254 e. The number of carbonyl (C=O) groups excluding carboxylic acids is 1. The van der Waals surface area contributed by atoms with E-state index in [9.17, 15) is 4.79 Å². The second kappa shape index (κ2) is 3.15. The van der Waals surface area contributed by atoms with E-state index in [0.29, 0.717) is 10.8 Å². The summed E-state index contributed by atoms with van der Waals surface area (Å²) in [6.45, 7) is 0. The van der Waals surface area contributed by atoms with Crippen molar-refractivity contribution in [1.29, 1.82) is 0 Å². The van der Waals surface area contributed by atoms with Gasteiger partial charge in [-0.05, 0) is 6.07 Å². The van der Waals surface area contributed by atoms with Crippen molar-refractivity contribution >= 4 is 34.8 Å². The van der Waals surface area contributed by atoms with E-state index in [0.717, 1.165) is 0 Å². The van der Waals surface area contributed by atoms with Crippen LogP contribution in [0.15, 0.2) is 18.5 Å². The van der Waals surface area contributed by atoms with E-state index in [-0.39, 0.29) is 10.6 Å². The maximum absolute atomic E-state index is 11.1. The van der Waals surface area contributed by atoms with E-state index >= 15 is 0 Å². The molecule has 0 aliphatic carbocycles. The molecule has 0 fully saturated rings. The number of hydrogen-bond donors (Lipinski definition) is 1. The number of rotatable bonds is 1. The quantitative estimate of drug-likeness (QED) is 0.758. The molecule has 0 radical (unpaired) electrons. The fourth-order valence-corrected chi connectivity index (χ4v) is 1.82. The fourth-order valence-electron chi connectivity index (χ4n) is 1.24. The molecule has 0 aliphatic heterocycles. The molecule has 1 amide bonds. The zero-order chi connectivity index (χ0) is 10.3. The standard InChI is InChI=1S/C8H5Cl2N3O/c9-4-3-5(10)13-2-1-12-8(13)6(4)7(11)14/h1-3H,(H2,11,14). The number of carbonyl (C=O) groups is 1. The number of nitrogens with two attached hydrogens (primary N) is 1. The number of hydrogen-bond acceptors (Lipinski definition) is 2. The third kappa shape index (κ3) is 1.23. The van der Waals surface area contributed by atoms with E-state index in [1.54, 1.807) is 6.20 Å². The van der Waals surface area contributed by atoms with Crippen molar-refractivity contribution in [2.45, 2.75) is 0 Å². The molecule has 2 N–H and O–H groups in total. The predicted molar refractivity (Wildman–Crippen MR) is 53.7 cm³/mol. The van der Waals surface area contributed by atoms with Gasteiger partial charge in [-0.3, -0.25) is 9.20 Å². The maximum Gasteiger partial charge on any atom is 0.254 e. The summed E-state index contributed by atoms with van der Waals surface area (Å²) in [6.07, 6.45) is 3.14. The molecule has 72 valence electrons. The van der Waals surface area contributed by atoms with Gasteiger partial charge in [-0.15, -0.1) is 0 Å². The van der Waals surface area contributed by atoms with Crippen LogP contribution in [-0.4, -0.2) is 15.3 Å². The van der Waals surface area contributed by atoms with Gasteiger partial charge in [-0.25, -0.2) is 4.98 Å². The van der Waals surface area contributed by atoms with Gasteiger partial charge in [0.15, 0.2) is 5.65 Å². The zero-order valence-electron chi connectivity index (χ0n) is 6.87. The summed E-state index contributed by atoms with van der Waals surface area (Å²) < 4.78 is 1.54. The second-order valence-corrected chi connectivity index (χ2v) is 3.47. The molecular formula is C8H5Cl2N3O. The van der Waals surface area contributed by atoms with E-state index in [4.69, 9.17) is 28.9 Å². The van der Waals surface area contributed by atoms with Crippen molar-refractivity contribution in [3.8, 4) is 0 Å². The molecule has 2 rings (SSSR count). The van der Waals surface area contributed by atoms with Crippen LogP contribution in [0.3, 0.4) is 0 Å². The van der Waals surface area contributed by atoms with Crippen molar-refractivity contribution in [1.82, 2.24) is 9.38 Å². The lowest BCUT2D eigenvalue weighted by Gasteiger charge is -2.04. The second-order valence-electron chi connectivity index (χ2n) is 2.68. The number of fused-ring (bicyclic) bond motifs is 1. The molecule has 2 aromatic rings. The highest BCUT2D eigenvalue weighted by Crippen LogP contribution is 2.24. The number of halogens is 2. The number of aromatic nitrogens is 2. The Morgan fingerprint density at radius 3 is 2.86 bits per heavy atom.